The van der Waals surface area contributed by atoms with Crippen molar-refractivity contribution in [3.8, 4) is 0 Å². The van der Waals surface area contributed by atoms with E-state index < -0.39 is 0 Å². The van der Waals surface area contributed by atoms with Gasteiger partial charge in [0.2, 0.25) is 0 Å². The van der Waals surface area contributed by atoms with E-state index in [4.69, 9.17) is 9.47 Å². The third-order valence-electron chi connectivity index (χ3n) is 3.36. The minimum absolute atomic E-state index is 0.263. The van der Waals surface area contributed by atoms with Crippen LogP contribution in [0.4, 0.5) is 5.69 Å². The monoisotopic (exact) mass is 279 g/mol. The van der Waals surface area contributed by atoms with Crippen LogP contribution in [0.5, 0.6) is 0 Å². The Kier molecular flexibility index (Phi) is 7.09. The molecule has 0 spiro atoms. The highest BCUT2D eigenvalue weighted by Crippen LogP contribution is 2.26. The summed E-state index contributed by atoms with van der Waals surface area (Å²) in [6.45, 7) is 6.85. The van der Waals surface area contributed by atoms with Gasteiger partial charge in [-0.2, -0.15) is 0 Å². The van der Waals surface area contributed by atoms with E-state index >= 15 is 0 Å². The molecule has 0 aliphatic carbocycles. The van der Waals surface area contributed by atoms with E-state index in [-0.39, 0.29) is 18.6 Å². The molecule has 20 heavy (non-hydrogen) atoms. The molecule has 0 aromatic heterocycles. The van der Waals surface area contributed by atoms with Crippen molar-refractivity contribution in [1.29, 1.82) is 0 Å². The zero-order valence-electron chi connectivity index (χ0n) is 12.8. The summed E-state index contributed by atoms with van der Waals surface area (Å²) < 4.78 is 9.97. The lowest BCUT2D eigenvalue weighted by atomic mass is 9.96. The number of ether oxygens (including phenoxy) is 2. The number of carbonyl (C=O) groups is 1. The maximum atomic E-state index is 11.8. The number of para-hydroxylation sites is 1. The smallest absolute Gasteiger partial charge is 0.328 e. The van der Waals surface area contributed by atoms with Gasteiger partial charge < -0.3 is 14.8 Å². The van der Waals surface area contributed by atoms with E-state index in [0.29, 0.717) is 12.5 Å². The first kappa shape index (κ1) is 16.5. The molecule has 0 heterocycles. The first-order valence-electron chi connectivity index (χ1n) is 7.11. The number of nitrogens with one attached hydrogen (secondary N) is 1. The van der Waals surface area contributed by atoms with Gasteiger partial charge in [-0.1, -0.05) is 32.0 Å². The molecule has 0 saturated heterocycles. The first-order valence-corrected chi connectivity index (χ1v) is 7.11. The second kappa shape index (κ2) is 8.59. The van der Waals surface area contributed by atoms with Gasteiger partial charge in [0.1, 0.15) is 12.6 Å². The highest BCUT2D eigenvalue weighted by atomic mass is 16.6. The Bertz CT molecular complexity index is 420. The zero-order chi connectivity index (χ0) is 15.0. The molecule has 0 radical (unpaired) electrons. The number of rotatable bonds is 8. The molecular formula is C16H25NO3. The van der Waals surface area contributed by atoms with E-state index in [9.17, 15) is 4.79 Å². The molecule has 1 aromatic rings. The van der Waals surface area contributed by atoms with E-state index in [1.54, 1.807) is 7.11 Å². The van der Waals surface area contributed by atoms with E-state index in [2.05, 4.69) is 25.2 Å². The molecule has 0 aliphatic heterocycles. The number of carbonyl (C=O) groups excluding carboxylic acids is 1. The minimum atomic E-state index is -0.378. The highest BCUT2D eigenvalue weighted by molar-refractivity contribution is 5.79. The summed E-state index contributed by atoms with van der Waals surface area (Å²) >= 11 is 0. The molecule has 0 fully saturated rings. The summed E-state index contributed by atoms with van der Waals surface area (Å²) in [5.74, 6) is 0.191. The fourth-order valence-corrected chi connectivity index (χ4v) is 1.92. The molecule has 1 unspecified atom stereocenters. The number of esters is 1. The van der Waals surface area contributed by atoms with Gasteiger partial charge in [-0.05, 0) is 30.9 Å². The van der Waals surface area contributed by atoms with Gasteiger partial charge in [0.05, 0.1) is 6.61 Å². The quantitative estimate of drug-likeness (QED) is 0.586. The number of hydrogen-bond acceptors (Lipinski definition) is 4. The molecule has 2 atom stereocenters. The molecule has 1 rings (SSSR count). The lowest BCUT2D eigenvalue weighted by molar-refractivity contribution is -0.145. The van der Waals surface area contributed by atoms with Crippen LogP contribution in [0.2, 0.25) is 0 Å². The number of benzene rings is 1. The average molecular weight is 279 g/mol. The van der Waals surface area contributed by atoms with Gasteiger partial charge in [-0.3, -0.25) is 0 Å². The average Bonchev–Trinajstić information content (AvgIpc) is 2.47. The minimum Gasteiger partial charge on any atom is -0.462 e. The van der Waals surface area contributed by atoms with E-state index in [0.717, 1.165) is 12.1 Å². The van der Waals surface area contributed by atoms with Crippen LogP contribution < -0.4 is 5.32 Å². The predicted octanol–water partition coefficient (Wildman–Crippen LogP) is 3.19. The topological polar surface area (TPSA) is 47.6 Å². The Hall–Kier alpha value is -1.55. The highest BCUT2D eigenvalue weighted by Gasteiger charge is 2.16. The van der Waals surface area contributed by atoms with Gasteiger partial charge in [0.25, 0.3) is 0 Å². The van der Waals surface area contributed by atoms with Crippen LogP contribution in [-0.2, 0) is 14.3 Å². The van der Waals surface area contributed by atoms with Gasteiger partial charge in [0.15, 0.2) is 0 Å². The number of anilines is 1. The maximum Gasteiger partial charge on any atom is 0.328 e. The summed E-state index contributed by atoms with van der Waals surface area (Å²) in [6.07, 6.45) is 1.06. The van der Waals surface area contributed by atoms with Crippen LogP contribution in [0, 0.1) is 0 Å². The van der Waals surface area contributed by atoms with Crippen LogP contribution in [-0.4, -0.2) is 32.3 Å². The number of methoxy groups -OCH3 is 1. The van der Waals surface area contributed by atoms with Crippen molar-refractivity contribution in [1.82, 2.24) is 0 Å². The van der Waals surface area contributed by atoms with E-state index in [1.807, 2.05) is 25.1 Å². The molecule has 0 aliphatic rings. The molecule has 112 valence electrons. The Morgan fingerprint density at radius 2 is 1.95 bits per heavy atom. The van der Waals surface area contributed by atoms with Crippen LogP contribution in [0.25, 0.3) is 0 Å². The molecule has 0 bridgehead atoms. The Morgan fingerprint density at radius 3 is 2.60 bits per heavy atom. The van der Waals surface area contributed by atoms with Gasteiger partial charge >= 0.3 is 5.97 Å². The summed E-state index contributed by atoms with van der Waals surface area (Å²) in [4.78, 5) is 11.8. The molecular weight excluding hydrogens is 254 g/mol. The van der Waals surface area contributed by atoms with Crippen LogP contribution in [0.3, 0.4) is 0 Å². The largest absolute Gasteiger partial charge is 0.462 e. The third-order valence-corrected chi connectivity index (χ3v) is 3.36. The van der Waals surface area contributed by atoms with Crippen molar-refractivity contribution in [2.75, 3.05) is 25.6 Å². The lowest BCUT2D eigenvalue weighted by Crippen LogP contribution is -2.29. The molecule has 1 N–H and O–H groups in total. The summed E-state index contributed by atoms with van der Waals surface area (Å²) in [6, 6.07) is 7.71. The van der Waals surface area contributed by atoms with Crippen molar-refractivity contribution >= 4 is 11.7 Å². The Balaban J connectivity index is 2.65. The van der Waals surface area contributed by atoms with Crippen LogP contribution in [0.15, 0.2) is 24.3 Å². The SMILES string of the molecule is CCC(C)c1ccccc1N[C@@H](C)C(=O)OCCOC. The first-order chi connectivity index (χ1) is 9.60. The maximum absolute atomic E-state index is 11.8. The van der Waals surface area contributed by atoms with Crippen molar-refractivity contribution in [3.05, 3.63) is 29.8 Å². The predicted molar refractivity (Wildman–Crippen MR) is 81.1 cm³/mol. The molecule has 1 aromatic carbocycles. The fraction of sp³-hybridized carbons (Fsp3) is 0.562. The van der Waals surface area contributed by atoms with Gasteiger partial charge in [0, 0.05) is 12.8 Å². The molecule has 0 saturated carbocycles. The summed E-state index contributed by atoms with van der Waals surface area (Å²) in [5.41, 5.74) is 2.23. The normalized spacial score (nSPS) is 13.6. The van der Waals surface area contributed by atoms with Crippen molar-refractivity contribution < 1.29 is 14.3 Å². The van der Waals surface area contributed by atoms with Gasteiger partial charge in [-0.25, -0.2) is 4.79 Å². The lowest BCUT2D eigenvalue weighted by Gasteiger charge is -2.19. The second-order valence-corrected chi connectivity index (χ2v) is 4.92. The summed E-state index contributed by atoms with van der Waals surface area (Å²) in [5, 5.41) is 3.24. The fourth-order valence-electron chi connectivity index (χ4n) is 1.92. The van der Waals surface area contributed by atoms with Gasteiger partial charge in [-0.15, -0.1) is 0 Å². The second-order valence-electron chi connectivity index (χ2n) is 4.92. The van der Waals surface area contributed by atoms with Crippen LogP contribution in [0.1, 0.15) is 38.7 Å². The molecule has 0 amide bonds. The third kappa shape index (κ3) is 4.85. The standard InChI is InChI=1S/C16H25NO3/c1-5-12(2)14-8-6-7-9-15(14)17-13(3)16(18)20-11-10-19-4/h6-9,12-13,17H,5,10-11H2,1-4H3/t12?,13-/m0/s1. The Labute approximate surface area is 121 Å². The van der Waals surface area contributed by atoms with Crippen molar-refractivity contribution in [3.63, 3.8) is 0 Å². The van der Waals surface area contributed by atoms with E-state index in [1.165, 1.54) is 5.56 Å². The van der Waals surface area contributed by atoms with Crippen LogP contribution >= 0.6 is 0 Å². The zero-order valence-corrected chi connectivity index (χ0v) is 12.8. The molecule has 4 nitrogen and oxygen atoms in total. The number of hydrogen-bond donors (Lipinski definition) is 1. The summed E-state index contributed by atoms with van der Waals surface area (Å²) in [7, 11) is 1.58. The Morgan fingerprint density at radius 1 is 1.25 bits per heavy atom. The molecule has 4 heteroatoms. The van der Waals surface area contributed by atoms with Crippen molar-refractivity contribution in [2.45, 2.75) is 39.2 Å². The van der Waals surface area contributed by atoms with Crippen molar-refractivity contribution in [2.24, 2.45) is 0 Å².